The minimum absolute atomic E-state index is 0.168. The Morgan fingerprint density at radius 2 is 1.24 bits per heavy atom. The Morgan fingerprint density at radius 3 is 1.71 bits per heavy atom. The van der Waals surface area contributed by atoms with Gasteiger partial charge in [0.05, 0.1) is 19.8 Å². The van der Waals surface area contributed by atoms with E-state index in [2.05, 4.69) is 32.6 Å². The van der Waals surface area contributed by atoms with Crippen molar-refractivity contribution >= 4 is 0 Å². The van der Waals surface area contributed by atoms with Gasteiger partial charge in [-0.25, -0.2) is 9.78 Å². The van der Waals surface area contributed by atoms with Gasteiger partial charge in [0.1, 0.15) is 0 Å². The van der Waals surface area contributed by atoms with Gasteiger partial charge >= 0.3 is 0 Å². The Hall–Kier alpha value is -0.120. The predicted octanol–water partition coefficient (Wildman–Crippen LogP) is 4.83. The van der Waals surface area contributed by atoms with Crippen LogP contribution in [-0.4, -0.2) is 24.9 Å². The van der Waals surface area contributed by atoms with Gasteiger partial charge in [-0.05, 0) is 69.1 Å². The van der Waals surface area contributed by atoms with E-state index in [4.69, 9.17) is 4.89 Å². The van der Waals surface area contributed by atoms with Crippen LogP contribution in [-0.2, 0) is 9.78 Å². The number of aliphatic hydroxyl groups excluding tert-OH is 1. The molecular formula is C18H38O3. The molecule has 3 heteroatoms. The SMILES string of the molecule is COOCCCC(C)CC(C)CC(C)CC(C)CC(C)O. The molecule has 0 bridgehead atoms. The highest BCUT2D eigenvalue weighted by Gasteiger charge is 2.15. The summed E-state index contributed by atoms with van der Waals surface area (Å²) in [4.78, 5) is 9.51. The average molecular weight is 302 g/mol. The van der Waals surface area contributed by atoms with Crippen molar-refractivity contribution in [1.82, 2.24) is 0 Å². The van der Waals surface area contributed by atoms with Crippen LogP contribution in [0.25, 0.3) is 0 Å². The fourth-order valence-electron chi connectivity index (χ4n) is 3.62. The summed E-state index contributed by atoms with van der Waals surface area (Å²) in [6, 6.07) is 0. The van der Waals surface area contributed by atoms with Crippen molar-refractivity contribution in [2.75, 3.05) is 13.7 Å². The molecule has 0 fully saturated rings. The number of aliphatic hydroxyl groups is 1. The van der Waals surface area contributed by atoms with E-state index in [9.17, 15) is 5.11 Å². The van der Waals surface area contributed by atoms with E-state index < -0.39 is 0 Å². The van der Waals surface area contributed by atoms with Crippen molar-refractivity contribution in [2.24, 2.45) is 23.7 Å². The zero-order chi connectivity index (χ0) is 16.3. The average Bonchev–Trinajstić information content (AvgIpc) is 2.32. The standard InChI is InChI=1S/C18H38O3/c1-14(8-7-9-21-20-6)10-15(2)11-16(3)12-17(4)13-18(5)19/h14-19H,7-13H2,1-6H3. The molecule has 0 aromatic rings. The highest BCUT2D eigenvalue weighted by atomic mass is 17.2. The van der Waals surface area contributed by atoms with Gasteiger partial charge in [0.25, 0.3) is 0 Å². The maximum atomic E-state index is 9.44. The molecule has 128 valence electrons. The molecule has 0 radical (unpaired) electrons. The molecule has 0 heterocycles. The van der Waals surface area contributed by atoms with E-state index in [0.717, 1.165) is 30.6 Å². The van der Waals surface area contributed by atoms with Crippen LogP contribution < -0.4 is 0 Å². The second kappa shape index (κ2) is 12.4. The van der Waals surface area contributed by atoms with E-state index in [1.807, 2.05) is 6.92 Å². The molecule has 0 saturated carbocycles. The van der Waals surface area contributed by atoms with Gasteiger partial charge in [0.2, 0.25) is 0 Å². The molecule has 5 atom stereocenters. The van der Waals surface area contributed by atoms with Crippen LogP contribution in [0.3, 0.4) is 0 Å². The molecule has 1 N–H and O–H groups in total. The molecule has 0 aliphatic carbocycles. The molecule has 0 aromatic carbocycles. The van der Waals surface area contributed by atoms with Gasteiger partial charge in [0, 0.05) is 0 Å². The summed E-state index contributed by atoms with van der Waals surface area (Å²) in [7, 11) is 1.56. The summed E-state index contributed by atoms with van der Waals surface area (Å²) in [5.41, 5.74) is 0. The van der Waals surface area contributed by atoms with Crippen molar-refractivity contribution in [3.05, 3.63) is 0 Å². The van der Waals surface area contributed by atoms with Crippen LogP contribution in [0.5, 0.6) is 0 Å². The molecule has 0 rings (SSSR count). The normalized spacial score (nSPS) is 19.0. The Kier molecular flexibility index (Phi) is 12.4. The van der Waals surface area contributed by atoms with Gasteiger partial charge in [-0.15, -0.1) is 0 Å². The van der Waals surface area contributed by atoms with Crippen molar-refractivity contribution in [3.63, 3.8) is 0 Å². The third-order valence-electron chi connectivity index (χ3n) is 4.20. The maximum Gasteiger partial charge on any atom is 0.0822 e. The van der Waals surface area contributed by atoms with Gasteiger partial charge in [0.15, 0.2) is 0 Å². The van der Waals surface area contributed by atoms with Gasteiger partial charge < -0.3 is 5.11 Å². The summed E-state index contributed by atoms with van der Waals surface area (Å²) in [5.74, 6) is 2.90. The van der Waals surface area contributed by atoms with E-state index in [0.29, 0.717) is 12.5 Å². The Labute approximate surface area is 132 Å². The van der Waals surface area contributed by atoms with Crippen molar-refractivity contribution < 1.29 is 14.9 Å². The van der Waals surface area contributed by atoms with Gasteiger partial charge in [-0.2, -0.15) is 0 Å². The van der Waals surface area contributed by atoms with Crippen LogP contribution in [0.15, 0.2) is 0 Å². The van der Waals surface area contributed by atoms with Crippen molar-refractivity contribution in [3.8, 4) is 0 Å². The fourth-order valence-corrected chi connectivity index (χ4v) is 3.62. The minimum Gasteiger partial charge on any atom is -0.393 e. The first-order chi connectivity index (χ1) is 9.85. The van der Waals surface area contributed by atoms with E-state index >= 15 is 0 Å². The van der Waals surface area contributed by atoms with E-state index in [1.165, 1.54) is 25.7 Å². The van der Waals surface area contributed by atoms with Crippen LogP contribution in [0, 0.1) is 23.7 Å². The topological polar surface area (TPSA) is 38.7 Å². The Balaban J connectivity index is 3.77. The number of hydrogen-bond acceptors (Lipinski definition) is 3. The number of hydrogen-bond donors (Lipinski definition) is 1. The Morgan fingerprint density at radius 1 is 0.762 bits per heavy atom. The maximum absolute atomic E-state index is 9.44. The molecule has 3 nitrogen and oxygen atoms in total. The second-order valence-electron chi connectivity index (χ2n) is 7.34. The molecule has 0 spiro atoms. The molecule has 0 aromatic heterocycles. The van der Waals surface area contributed by atoms with Crippen molar-refractivity contribution in [1.29, 1.82) is 0 Å². The summed E-state index contributed by atoms with van der Waals surface area (Å²) in [5, 5.41) is 9.44. The molecule has 21 heavy (non-hydrogen) atoms. The quantitative estimate of drug-likeness (QED) is 0.301. The molecule has 0 aliphatic rings. The lowest BCUT2D eigenvalue weighted by molar-refractivity contribution is -0.273. The van der Waals surface area contributed by atoms with Gasteiger partial charge in [-0.1, -0.05) is 27.7 Å². The van der Waals surface area contributed by atoms with Crippen LogP contribution in [0.4, 0.5) is 0 Å². The first-order valence-electron chi connectivity index (χ1n) is 8.68. The third kappa shape index (κ3) is 13.3. The summed E-state index contributed by atoms with van der Waals surface area (Å²) >= 11 is 0. The van der Waals surface area contributed by atoms with E-state index in [1.54, 1.807) is 7.11 Å². The lowest BCUT2D eigenvalue weighted by Crippen LogP contribution is -2.13. The lowest BCUT2D eigenvalue weighted by atomic mass is 9.83. The number of rotatable bonds is 13. The molecule has 0 saturated heterocycles. The summed E-state index contributed by atoms with van der Waals surface area (Å²) in [6.45, 7) is 11.9. The van der Waals surface area contributed by atoms with Crippen LogP contribution in [0.2, 0.25) is 0 Å². The first kappa shape index (κ1) is 20.9. The zero-order valence-corrected chi connectivity index (χ0v) is 15.1. The zero-order valence-electron chi connectivity index (χ0n) is 15.1. The monoisotopic (exact) mass is 302 g/mol. The Bertz CT molecular complexity index is 231. The highest BCUT2D eigenvalue weighted by molar-refractivity contribution is 4.67. The van der Waals surface area contributed by atoms with Gasteiger partial charge in [-0.3, -0.25) is 0 Å². The fraction of sp³-hybridized carbons (Fsp3) is 1.00. The molecule has 5 unspecified atom stereocenters. The molecule has 0 amide bonds. The highest BCUT2D eigenvalue weighted by Crippen LogP contribution is 2.27. The summed E-state index contributed by atoms with van der Waals surface area (Å²) < 4.78 is 0. The second-order valence-corrected chi connectivity index (χ2v) is 7.34. The largest absolute Gasteiger partial charge is 0.393 e. The predicted molar refractivity (Wildman–Crippen MR) is 89.0 cm³/mol. The van der Waals surface area contributed by atoms with Crippen LogP contribution >= 0.6 is 0 Å². The third-order valence-corrected chi connectivity index (χ3v) is 4.20. The molecule has 0 aliphatic heterocycles. The van der Waals surface area contributed by atoms with E-state index in [-0.39, 0.29) is 6.10 Å². The smallest absolute Gasteiger partial charge is 0.0822 e. The lowest BCUT2D eigenvalue weighted by Gasteiger charge is -2.23. The summed E-state index contributed by atoms with van der Waals surface area (Å²) in [6.07, 6.45) is 6.85. The van der Waals surface area contributed by atoms with Crippen LogP contribution in [0.1, 0.15) is 73.1 Å². The first-order valence-corrected chi connectivity index (χ1v) is 8.68. The molecular weight excluding hydrogens is 264 g/mol. The minimum atomic E-state index is -0.168. The van der Waals surface area contributed by atoms with Crippen molar-refractivity contribution in [2.45, 2.75) is 79.2 Å².